The Bertz CT molecular complexity index is 1930. The first-order valence-electron chi connectivity index (χ1n) is 14.3. The Morgan fingerprint density at radius 2 is 1.76 bits per heavy atom. The number of carbonyl (C=O) groups is 2. The first kappa shape index (κ1) is 31.3. The molecule has 2 amide bonds. The Kier molecular flexibility index (Phi) is 8.96. The molecule has 10 nitrogen and oxygen atoms in total. The molecule has 1 saturated heterocycles. The van der Waals surface area contributed by atoms with Crippen molar-refractivity contribution in [3.8, 4) is 28.0 Å². The molecule has 1 aliphatic heterocycles. The van der Waals surface area contributed by atoms with Crippen LogP contribution in [0.4, 0.5) is 14.5 Å². The van der Waals surface area contributed by atoms with Gasteiger partial charge in [0.1, 0.15) is 22.9 Å². The van der Waals surface area contributed by atoms with Crippen LogP contribution in [0, 0.1) is 18.6 Å². The molecule has 1 aliphatic rings. The number of aromatic nitrogens is 2. The minimum Gasteiger partial charge on any atom is -0.496 e. The van der Waals surface area contributed by atoms with Crippen LogP contribution in [0.3, 0.4) is 0 Å². The number of rotatable bonds is 9. The van der Waals surface area contributed by atoms with E-state index in [-0.39, 0.29) is 52.1 Å². The summed E-state index contributed by atoms with van der Waals surface area (Å²) in [7, 11) is 4.14. The summed E-state index contributed by atoms with van der Waals surface area (Å²) >= 11 is 0. The molecule has 2 heterocycles. The van der Waals surface area contributed by atoms with Gasteiger partial charge in [-0.05, 0) is 48.2 Å². The molecular weight excluding hydrogens is 584 g/mol. The third kappa shape index (κ3) is 6.27. The number of carbonyl (C=O) groups excluding carboxylic acids is 2. The Hall–Kier alpha value is -5.10. The highest BCUT2D eigenvalue weighted by atomic mass is 19.1. The number of ether oxygens (including phenoxy) is 1. The van der Waals surface area contributed by atoms with E-state index in [0.29, 0.717) is 36.2 Å². The summed E-state index contributed by atoms with van der Waals surface area (Å²) in [5, 5.41) is 8.71. The van der Waals surface area contributed by atoms with Crippen LogP contribution in [0.5, 0.6) is 5.75 Å². The number of methoxy groups -OCH3 is 1. The summed E-state index contributed by atoms with van der Waals surface area (Å²) in [5.41, 5.74) is 0.776. The molecule has 1 atom stereocenters. The zero-order valence-electron chi connectivity index (χ0n) is 25.3. The predicted molar refractivity (Wildman–Crippen MR) is 166 cm³/mol. The minimum absolute atomic E-state index is 0.000709. The Morgan fingerprint density at radius 1 is 1.04 bits per heavy atom. The van der Waals surface area contributed by atoms with Crippen molar-refractivity contribution in [1.29, 1.82) is 0 Å². The van der Waals surface area contributed by atoms with Crippen molar-refractivity contribution in [2.45, 2.75) is 32.4 Å². The predicted octanol–water partition coefficient (Wildman–Crippen LogP) is 3.63. The van der Waals surface area contributed by atoms with Crippen molar-refractivity contribution >= 4 is 17.5 Å². The summed E-state index contributed by atoms with van der Waals surface area (Å²) in [6, 6.07) is 12.6. The number of nitrogens with one attached hydrogen (secondary N) is 3. The van der Waals surface area contributed by atoms with Gasteiger partial charge in [0.15, 0.2) is 0 Å². The Balaban J connectivity index is 1.42. The smallest absolute Gasteiger partial charge is 0.330 e. The van der Waals surface area contributed by atoms with E-state index in [1.165, 1.54) is 33.5 Å². The van der Waals surface area contributed by atoms with E-state index in [9.17, 15) is 19.2 Å². The van der Waals surface area contributed by atoms with Gasteiger partial charge in [0, 0.05) is 68.2 Å². The monoisotopic (exact) mass is 617 g/mol. The van der Waals surface area contributed by atoms with E-state index >= 15 is 8.78 Å². The fourth-order valence-electron chi connectivity index (χ4n) is 5.50. The van der Waals surface area contributed by atoms with Crippen molar-refractivity contribution < 1.29 is 23.1 Å². The summed E-state index contributed by atoms with van der Waals surface area (Å²) < 4.78 is 39.0. The highest BCUT2D eigenvalue weighted by Gasteiger charge is 2.22. The largest absolute Gasteiger partial charge is 0.496 e. The van der Waals surface area contributed by atoms with Gasteiger partial charge in [-0.15, -0.1) is 0 Å². The highest BCUT2D eigenvalue weighted by molar-refractivity contribution is 6.04. The molecule has 0 spiro atoms. The SMILES string of the molecule is COc1cc(-c2cccc(-c3cccc(NC(=O)c4cn(C)c(=O)n(C)c4=O)c3C)c2F)cc(F)c1CNCC1CCC(=O)N1. The van der Waals surface area contributed by atoms with Crippen molar-refractivity contribution in [3.63, 3.8) is 0 Å². The number of hydrogen-bond acceptors (Lipinski definition) is 6. The minimum atomic E-state index is -0.741. The lowest BCUT2D eigenvalue weighted by molar-refractivity contribution is -0.119. The van der Waals surface area contributed by atoms with Crippen LogP contribution in [-0.4, -0.2) is 40.6 Å². The summed E-state index contributed by atoms with van der Waals surface area (Å²) in [6.45, 7) is 2.35. The second-order valence-electron chi connectivity index (χ2n) is 11.0. The molecule has 12 heteroatoms. The molecule has 45 heavy (non-hydrogen) atoms. The molecule has 4 aromatic rings. The fraction of sp³-hybridized carbons (Fsp3) is 0.273. The van der Waals surface area contributed by atoms with Gasteiger partial charge >= 0.3 is 5.69 Å². The van der Waals surface area contributed by atoms with Crippen LogP contribution >= 0.6 is 0 Å². The molecule has 1 aromatic heterocycles. The van der Waals surface area contributed by atoms with Crippen LogP contribution in [0.15, 0.2) is 64.3 Å². The third-order valence-electron chi connectivity index (χ3n) is 8.02. The zero-order valence-corrected chi connectivity index (χ0v) is 25.3. The van der Waals surface area contributed by atoms with E-state index in [1.807, 2.05) is 0 Å². The second kappa shape index (κ2) is 12.9. The van der Waals surface area contributed by atoms with E-state index in [2.05, 4.69) is 16.0 Å². The van der Waals surface area contributed by atoms with E-state index < -0.39 is 28.8 Å². The average Bonchev–Trinajstić information content (AvgIpc) is 3.44. The van der Waals surface area contributed by atoms with Crippen molar-refractivity contribution in [2.24, 2.45) is 14.1 Å². The van der Waals surface area contributed by atoms with Crippen LogP contribution in [0.2, 0.25) is 0 Å². The maximum absolute atomic E-state index is 16.2. The lowest BCUT2D eigenvalue weighted by atomic mass is 9.94. The fourth-order valence-corrected chi connectivity index (χ4v) is 5.50. The summed E-state index contributed by atoms with van der Waals surface area (Å²) in [6.07, 6.45) is 2.36. The number of aryl methyl sites for hydroxylation is 1. The van der Waals surface area contributed by atoms with Crippen LogP contribution in [-0.2, 0) is 25.4 Å². The number of anilines is 1. The lowest BCUT2D eigenvalue weighted by Crippen LogP contribution is -2.40. The lowest BCUT2D eigenvalue weighted by Gasteiger charge is -2.17. The second-order valence-corrected chi connectivity index (χ2v) is 11.0. The first-order chi connectivity index (χ1) is 21.5. The number of benzene rings is 3. The van der Waals surface area contributed by atoms with E-state index in [0.717, 1.165) is 9.13 Å². The Morgan fingerprint density at radius 3 is 2.47 bits per heavy atom. The van der Waals surface area contributed by atoms with Gasteiger partial charge in [0.2, 0.25) is 5.91 Å². The van der Waals surface area contributed by atoms with Crippen LogP contribution < -0.4 is 31.9 Å². The number of amides is 2. The van der Waals surface area contributed by atoms with E-state index in [1.54, 1.807) is 49.4 Å². The van der Waals surface area contributed by atoms with Crippen LogP contribution in [0.1, 0.15) is 34.3 Å². The van der Waals surface area contributed by atoms with E-state index in [4.69, 9.17) is 4.74 Å². The molecule has 1 unspecified atom stereocenters. The topological polar surface area (TPSA) is 123 Å². The summed E-state index contributed by atoms with van der Waals surface area (Å²) in [4.78, 5) is 49.1. The zero-order chi connectivity index (χ0) is 32.4. The molecule has 3 N–H and O–H groups in total. The molecule has 0 aliphatic carbocycles. The highest BCUT2D eigenvalue weighted by Crippen LogP contribution is 2.37. The van der Waals surface area contributed by atoms with Gasteiger partial charge in [0.05, 0.1) is 7.11 Å². The molecule has 1 fully saturated rings. The number of nitrogens with zero attached hydrogens (tertiary/aromatic N) is 2. The van der Waals surface area contributed by atoms with Gasteiger partial charge in [0.25, 0.3) is 11.5 Å². The normalized spacial score (nSPS) is 14.4. The molecule has 0 bridgehead atoms. The molecule has 0 saturated carbocycles. The van der Waals surface area contributed by atoms with Gasteiger partial charge in [-0.2, -0.15) is 0 Å². The number of hydrogen-bond donors (Lipinski definition) is 3. The molecule has 234 valence electrons. The van der Waals surface area contributed by atoms with Gasteiger partial charge in [-0.3, -0.25) is 19.0 Å². The van der Waals surface area contributed by atoms with Crippen molar-refractivity contribution in [3.05, 3.63) is 104 Å². The van der Waals surface area contributed by atoms with Crippen LogP contribution in [0.25, 0.3) is 22.3 Å². The summed E-state index contributed by atoms with van der Waals surface area (Å²) in [5.74, 6) is -1.63. The molecule has 5 rings (SSSR count). The van der Waals surface area contributed by atoms with Crippen molar-refractivity contribution in [2.75, 3.05) is 19.0 Å². The van der Waals surface area contributed by atoms with Crippen molar-refractivity contribution in [1.82, 2.24) is 19.8 Å². The third-order valence-corrected chi connectivity index (χ3v) is 8.02. The standard InChI is InChI=1S/C33H33F2N5O5/c1-18-21(7-6-10-27(18)38-31(42)25-17-39(2)33(44)40(3)32(25)43)23-9-5-8-22(30(23)35)19-13-26(34)24(28(14-19)45-4)16-36-15-20-11-12-29(41)37-20/h5-10,13-14,17,20,36H,11-12,15-16H2,1-4H3,(H,37,41)(H,38,42). The van der Waals surface area contributed by atoms with Gasteiger partial charge in [-0.25, -0.2) is 13.6 Å². The Labute approximate surface area is 257 Å². The average molecular weight is 618 g/mol. The molecule has 0 radical (unpaired) electrons. The van der Waals surface area contributed by atoms with Gasteiger partial charge < -0.3 is 25.3 Å². The number of halogens is 2. The maximum Gasteiger partial charge on any atom is 0.330 e. The van der Waals surface area contributed by atoms with Gasteiger partial charge in [-0.1, -0.05) is 30.3 Å². The molecular formula is C33H33F2N5O5. The maximum atomic E-state index is 16.2. The molecule has 3 aromatic carbocycles. The quantitative estimate of drug-likeness (QED) is 0.264. The first-order valence-corrected chi connectivity index (χ1v) is 14.3.